The van der Waals surface area contributed by atoms with E-state index in [1.54, 1.807) is 7.11 Å². The second kappa shape index (κ2) is 16.0. The molecule has 94 valence electrons. The van der Waals surface area contributed by atoms with Gasteiger partial charge in [0.2, 0.25) is 0 Å². The van der Waals surface area contributed by atoms with E-state index in [1.165, 1.54) is 64.2 Å². The van der Waals surface area contributed by atoms with Gasteiger partial charge in [0.25, 0.3) is 0 Å². The molecule has 0 heterocycles. The molecular weight excluding hydrogens is 207 g/mol. The zero-order valence-electron chi connectivity index (χ0n) is 11.1. The van der Waals surface area contributed by atoms with E-state index >= 15 is 0 Å². The van der Waals surface area contributed by atoms with Crippen LogP contribution >= 0.6 is 0 Å². The van der Waals surface area contributed by atoms with Crippen molar-refractivity contribution in [2.45, 2.75) is 84.2 Å². The molecule has 0 spiro atoms. The van der Waals surface area contributed by atoms with Gasteiger partial charge in [-0.15, -0.1) is 0 Å². The maximum absolute atomic E-state index is 5.22. The van der Waals surface area contributed by atoms with Gasteiger partial charge < -0.3 is 4.74 Å². The molecule has 0 N–H and O–H groups in total. The van der Waals surface area contributed by atoms with E-state index in [4.69, 9.17) is 4.74 Å². The Balaban J connectivity index is 0. The molecule has 1 unspecified atom stereocenters. The van der Waals surface area contributed by atoms with Crippen LogP contribution in [0.5, 0.6) is 0 Å². The standard InChI is InChI=1S/C14H30O.Na.H/c1-4-5-6-7-8-9-10-11-12-13-14(2)15-3;;/h14H,4-13H2,1-3H3;;. The van der Waals surface area contributed by atoms with Gasteiger partial charge in [-0.05, 0) is 13.3 Å². The van der Waals surface area contributed by atoms with Crippen molar-refractivity contribution in [3.05, 3.63) is 0 Å². The first kappa shape index (κ1) is 19.3. The summed E-state index contributed by atoms with van der Waals surface area (Å²) in [6, 6.07) is 0. The zero-order chi connectivity index (χ0) is 11.4. The fraction of sp³-hybridized carbons (Fsp3) is 1.00. The van der Waals surface area contributed by atoms with E-state index in [0.29, 0.717) is 6.10 Å². The summed E-state index contributed by atoms with van der Waals surface area (Å²) in [7, 11) is 1.80. The molecule has 0 radical (unpaired) electrons. The number of methoxy groups -OCH3 is 1. The quantitative estimate of drug-likeness (QED) is 0.385. The Morgan fingerprint density at radius 3 is 1.69 bits per heavy atom. The van der Waals surface area contributed by atoms with Crippen LogP contribution in [0.2, 0.25) is 0 Å². The summed E-state index contributed by atoms with van der Waals surface area (Å²) < 4.78 is 5.22. The summed E-state index contributed by atoms with van der Waals surface area (Å²) in [6.07, 6.45) is 14.4. The molecule has 0 aliphatic rings. The van der Waals surface area contributed by atoms with Gasteiger partial charge in [-0.2, -0.15) is 0 Å². The third-order valence-electron chi connectivity index (χ3n) is 3.12. The normalized spacial score (nSPS) is 12.2. The first-order valence-electron chi connectivity index (χ1n) is 6.84. The summed E-state index contributed by atoms with van der Waals surface area (Å²) in [5.41, 5.74) is 0. The molecule has 0 amide bonds. The Labute approximate surface area is 125 Å². The SMILES string of the molecule is CCCCCCCCCCCC(C)OC.[NaH]. The van der Waals surface area contributed by atoms with E-state index in [1.807, 2.05) is 0 Å². The minimum atomic E-state index is 0. The molecule has 0 aromatic carbocycles. The van der Waals surface area contributed by atoms with Crippen LogP contribution in [0.4, 0.5) is 0 Å². The van der Waals surface area contributed by atoms with Gasteiger partial charge in [0.05, 0.1) is 6.10 Å². The topological polar surface area (TPSA) is 9.23 Å². The van der Waals surface area contributed by atoms with Crippen molar-refractivity contribution < 1.29 is 4.74 Å². The zero-order valence-corrected chi connectivity index (χ0v) is 11.1. The van der Waals surface area contributed by atoms with Crippen LogP contribution in [0.15, 0.2) is 0 Å². The van der Waals surface area contributed by atoms with Gasteiger partial charge in [-0.25, -0.2) is 0 Å². The summed E-state index contributed by atoms with van der Waals surface area (Å²) in [5, 5.41) is 0. The fourth-order valence-corrected chi connectivity index (χ4v) is 1.86. The van der Waals surface area contributed by atoms with Crippen molar-refractivity contribution in [2.24, 2.45) is 0 Å². The number of hydrogen-bond donors (Lipinski definition) is 0. The summed E-state index contributed by atoms with van der Waals surface area (Å²) >= 11 is 0. The van der Waals surface area contributed by atoms with Crippen molar-refractivity contribution in [1.29, 1.82) is 0 Å². The average molecular weight is 238 g/mol. The van der Waals surface area contributed by atoms with Crippen LogP contribution in [0.1, 0.15) is 78.1 Å². The molecule has 2 heteroatoms. The number of ether oxygens (including phenoxy) is 1. The molecule has 0 saturated heterocycles. The van der Waals surface area contributed by atoms with E-state index in [9.17, 15) is 0 Å². The average Bonchev–Trinajstić information content (AvgIpc) is 2.26. The molecule has 0 bridgehead atoms. The molecule has 0 aliphatic heterocycles. The van der Waals surface area contributed by atoms with E-state index < -0.39 is 0 Å². The first-order valence-corrected chi connectivity index (χ1v) is 6.84. The summed E-state index contributed by atoms with van der Waals surface area (Å²) in [6.45, 7) is 4.43. The van der Waals surface area contributed by atoms with Gasteiger partial charge >= 0.3 is 29.6 Å². The van der Waals surface area contributed by atoms with Crippen LogP contribution in [-0.2, 0) is 4.74 Å². The van der Waals surface area contributed by atoms with E-state index in [0.717, 1.165) is 0 Å². The predicted octanol–water partition coefficient (Wildman–Crippen LogP) is 4.29. The van der Waals surface area contributed by atoms with Crippen LogP contribution < -0.4 is 0 Å². The van der Waals surface area contributed by atoms with Gasteiger partial charge in [0.15, 0.2) is 0 Å². The third-order valence-corrected chi connectivity index (χ3v) is 3.12. The van der Waals surface area contributed by atoms with Gasteiger partial charge in [-0.1, -0.05) is 64.7 Å². The Kier molecular flexibility index (Phi) is 19.3. The number of hydrogen-bond acceptors (Lipinski definition) is 1. The van der Waals surface area contributed by atoms with Crippen LogP contribution in [0.25, 0.3) is 0 Å². The molecule has 0 aliphatic carbocycles. The van der Waals surface area contributed by atoms with Crippen molar-refractivity contribution in [1.82, 2.24) is 0 Å². The van der Waals surface area contributed by atoms with Gasteiger partial charge in [0, 0.05) is 7.11 Å². The molecule has 0 rings (SSSR count). The van der Waals surface area contributed by atoms with E-state index in [2.05, 4.69) is 13.8 Å². The maximum atomic E-state index is 5.22. The molecule has 16 heavy (non-hydrogen) atoms. The number of unbranched alkanes of at least 4 members (excludes halogenated alkanes) is 8. The summed E-state index contributed by atoms with van der Waals surface area (Å²) in [4.78, 5) is 0. The van der Waals surface area contributed by atoms with Gasteiger partial charge in [-0.3, -0.25) is 0 Å². The molecule has 0 aromatic rings. The van der Waals surface area contributed by atoms with Gasteiger partial charge in [0.1, 0.15) is 0 Å². The molecule has 0 saturated carbocycles. The van der Waals surface area contributed by atoms with Crippen LogP contribution in [0.3, 0.4) is 0 Å². The first-order chi connectivity index (χ1) is 7.31. The van der Waals surface area contributed by atoms with Crippen LogP contribution in [-0.4, -0.2) is 42.8 Å². The molecule has 0 fully saturated rings. The van der Waals surface area contributed by atoms with E-state index in [-0.39, 0.29) is 29.6 Å². The Morgan fingerprint density at radius 2 is 1.25 bits per heavy atom. The second-order valence-corrected chi connectivity index (χ2v) is 4.66. The Hall–Kier alpha value is 0.960. The number of rotatable bonds is 11. The second-order valence-electron chi connectivity index (χ2n) is 4.66. The molecule has 1 atom stereocenters. The third kappa shape index (κ3) is 15.0. The fourth-order valence-electron chi connectivity index (χ4n) is 1.86. The summed E-state index contributed by atoms with van der Waals surface area (Å²) in [5.74, 6) is 0. The molecular formula is C14H31NaO. The Bertz CT molecular complexity index is 117. The van der Waals surface area contributed by atoms with Crippen molar-refractivity contribution in [3.63, 3.8) is 0 Å². The van der Waals surface area contributed by atoms with Crippen molar-refractivity contribution in [3.8, 4) is 0 Å². The molecule has 0 aromatic heterocycles. The Morgan fingerprint density at radius 1 is 0.812 bits per heavy atom. The van der Waals surface area contributed by atoms with Crippen molar-refractivity contribution in [2.75, 3.05) is 7.11 Å². The molecule has 1 nitrogen and oxygen atoms in total. The minimum absolute atomic E-state index is 0. The predicted molar refractivity (Wildman–Crippen MR) is 75.5 cm³/mol. The van der Waals surface area contributed by atoms with Crippen molar-refractivity contribution >= 4 is 29.6 Å². The van der Waals surface area contributed by atoms with Crippen LogP contribution in [0, 0.1) is 0 Å². The monoisotopic (exact) mass is 238 g/mol.